The molecule has 1 heterocycles. The summed E-state index contributed by atoms with van der Waals surface area (Å²) in [7, 11) is 0. The topological polar surface area (TPSA) is 38.9 Å². The van der Waals surface area contributed by atoms with E-state index >= 15 is 0 Å². The summed E-state index contributed by atoms with van der Waals surface area (Å²) in [6, 6.07) is 3.75. The highest BCUT2D eigenvalue weighted by atomic mass is 127. The van der Waals surface area contributed by atoms with Crippen LogP contribution in [0.25, 0.3) is 0 Å². The Morgan fingerprint density at radius 3 is 2.73 bits per heavy atom. The number of pyridine rings is 1. The Hall–Kier alpha value is -0.230. The summed E-state index contributed by atoms with van der Waals surface area (Å²) < 4.78 is 0.922. The summed E-state index contributed by atoms with van der Waals surface area (Å²) in [5, 5.41) is 0. The van der Waals surface area contributed by atoms with Crippen molar-refractivity contribution >= 4 is 39.8 Å². The van der Waals surface area contributed by atoms with Crippen molar-refractivity contribution in [1.29, 1.82) is 0 Å². The van der Waals surface area contributed by atoms with Gasteiger partial charge < -0.3 is 5.73 Å². The average molecular weight is 278 g/mol. The molecule has 0 radical (unpaired) electrons. The zero-order chi connectivity index (χ0) is 8.43. The number of rotatable bonds is 1. The molecule has 11 heavy (non-hydrogen) atoms. The summed E-state index contributed by atoms with van der Waals surface area (Å²) in [4.78, 5) is 4.61. The van der Waals surface area contributed by atoms with E-state index in [2.05, 4.69) is 27.6 Å². The summed E-state index contributed by atoms with van der Waals surface area (Å²) in [5.74, 6) is 0. The van der Waals surface area contributed by atoms with Gasteiger partial charge in [-0.25, -0.2) is 4.98 Å². The Balaban J connectivity index is 3.19. The van der Waals surface area contributed by atoms with E-state index in [1.165, 1.54) is 0 Å². The monoisotopic (exact) mass is 278 g/mol. The maximum absolute atomic E-state index is 5.45. The molecule has 2 nitrogen and oxygen atoms in total. The van der Waals surface area contributed by atoms with E-state index in [1.807, 2.05) is 19.1 Å². The Labute approximate surface area is 84.3 Å². The van der Waals surface area contributed by atoms with Crippen molar-refractivity contribution in [3.8, 4) is 0 Å². The third kappa shape index (κ3) is 2.37. The fourth-order valence-electron chi connectivity index (χ4n) is 0.770. The predicted molar refractivity (Wildman–Crippen MR) is 57.6 cm³/mol. The highest BCUT2D eigenvalue weighted by molar-refractivity contribution is 14.1. The van der Waals surface area contributed by atoms with Gasteiger partial charge in [-0.15, -0.1) is 0 Å². The fraction of sp³-hybridized carbons (Fsp3) is 0.143. The van der Waals surface area contributed by atoms with Gasteiger partial charge in [0, 0.05) is 11.3 Å². The van der Waals surface area contributed by atoms with Gasteiger partial charge in [-0.2, -0.15) is 0 Å². The summed E-state index contributed by atoms with van der Waals surface area (Å²) in [6.45, 7) is 1.92. The van der Waals surface area contributed by atoms with Crippen molar-refractivity contribution in [2.45, 2.75) is 6.92 Å². The van der Waals surface area contributed by atoms with Crippen LogP contribution in [0.5, 0.6) is 0 Å². The van der Waals surface area contributed by atoms with Crippen LogP contribution >= 0.6 is 34.8 Å². The standard InChI is InChI=1S/C7H7IN2S/c1-4-2-5(7(9)11)3-6(8)10-4/h2-3H,1H3,(H2,9,11). The highest BCUT2D eigenvalue weighted by Gasteiger charge is 1.98. The third-order valence-corrected chi connectivity index (χ3v) is 2.00. The number of hydrogen-bond acceptors (Lipinski definition) is 2. The van der Waals surface area contributed by atoms with Crippen LogP contribution in [0.4, 0.5) is 0 Å². The van der Waals surface area contributed by atoms with Crippen LogP contribution in [-0.4, -0.2) is 9.97 Å². The van der Waals surface area contributed by atoms with E-state index in [4.69, 9.17) is 18.0 Å². The number of nitrogens with two attached hydrogens (primary N) is 1. The Kier molecular flexibility index (Phi) is 2.78. The number of thiocarbonyl (C=S) groups is 1. The first kappa shape index (κ1) is 8.86. The summed E-state index contributed by atoms with van der Waals surface area (Å²) in [6.07, 6.45) is 0. The smallest absolute Gasteiger partial charge is 0.104 e. The van der Waals surface area contributed by atoms with Crippen LogP contribution < -0.4 is 5.73 Å². The van der Waals surface area contributed by atoms with Crippen LogP contribution in [-0.2, 0) is 0 Å². The Morgan fingerprint density at radius 1 is 1.64 bits per heavy atom. The molecule has 1 aromatic rings. The number of halogens is 1. The quantitative estimate of drug-likeness (QED) is 0.482. The molecule has 0 saturated carbocycles. The van der Waals surface area contributed by atoms with E-state index in [-0.39, 0.29) is 0 Å². The first-order valence-electron chi connectivity index (χ1n) is 3.03. The minimum absolute atomic E-state index is 0.424. The molecule has 1 aromatic heterocycles. The molecular weight excluding hydrogens is 271 g/mol. The predicted octanol–water partition coefficient (Wildman–Crippen LogP) is 1.63. The average Bonchev–Trinajstić information content (AvgIpc) is 1.85. The Morgan fingerprint density at radius 2 is 2.27 bits per heavy atom. The zero-order valence-corrected chi connectivity index (χ0v) is 8.94. The van der Waals surface area contributed by atoms with Gasteiger partial charge in [0.05, 0.1) is 0 Å². The Bertz CT molecular complexity index is 278. The molecule has 4 heteroatoms. The van der Waals surface area contributed by atoms with Gasteiger partial charge in [0.1, 0.15) is 8.69 Å². The molecule has 0 unspecified atom stereocenters. The van der Waals surface area contributed by atoms with Crippen molar-refractivity contribution in [2.75, 3.05) is 0 Å². The van der Waals surface area contributed by atoms with E-state index < -0.39 is 0 Å². The molecule has 0 aliphatic heterocycles. The molecule has 0 atom stereocenters. The normalized spacial score (nSPS) is 9.64. The number of nitrogens with zero attached hydrogens (tertiary/aromatic N) is 1. The number of aromatic nitrogens is 1. The lowest BCUT2D eigenvalue weighted by Crippen LogP contribution is -2.10. The van der Waals surface area contributed by atoms with Gasteiger partial charge in [-0.3, -0.25) is 0 Å². The zero-order valence-electron chi connectivity index (χ0n) is 5.97. The minimum atomic E-state index is 0.424. The molecule has 1 rings (SSSR count). The van der Waals surface area contributed by atoms with Crippen molar-refractivity contribution < 1.29 is 0 Å². The SMILES string of the molecule is Cc1cc(C(N)=S)cc(I)n1. The molecule has 58 valence electrons. The van der Waals surface area contributed by atoms with Crippen molar-refractivity contribution in [3.63, 3.8) is 0 Å². The molecule has 0 aromatic carbocycles. The lowest BCUT2D eigenvalue weighted by molar-refractivity contribution is 1.16. The lowest BCUT2D eigenvalue weighted by atomic mass is 10.2. The van der Waals surface area contributed by atoms with Crippen LogP contribution in [0.15, 0.2) is 12.1 Å². The van der Waals surface area contributed by atoms with Crippen molar-refractivity contribution in [3.05, 3.63) is 27.1 Å². The van der Waals surface area contributed by atoms with Gasteiger partial charge in [0.15, 0.2) is 0 Å². The summed E-state index contributed by atoms with van der Waals surface area (Å²) >= 11 is 6.97. The summed E-state index contributed by atoms with van der Waals surface area (Å²) in [5.41, 5.74) is 7.28. The molecule has 0 saturated heterocycles. The minimum Gasteiger partial charge on any atom is -0.389 e. The van der Waals surface area contributed by atoms with Crippen LogP contribution in [0.3, 0.4) is 0 Å². The molecular formula is C7H7IN2S. The first-order valence-corrected chi connectivity index (χ1v) is 4.52. The fourth-order valence-corrected chi connectivity index (χ4v) is 1.60. The highest BCUT2D eigenvalue weighted by Crippen LogP contribution is 2.07. The van der Waals surface area contributed by atoms with Crippen molar-refractivity contribution in [2.24, 2.45) is 5.73 Å². The van der Waals surface area contributed by atoms with Crippen LogP contribution in [0.1, 0.15) is 11.3 Å². The second-order valence-corrected chi connectivity index (χ2v) is 3.73. The van der Waals surface area contributed by atoms with E-state index in [0.717, 1.165) is 15.0 Å². The maximum atomic E-state index is 5.45. The van der Waals surface area contributed by atoms with Crippen LogP contribution in [0, 0.1) is 10.6 Å². The van der Waals surface area contributed by atoms with E-state index in [9.17, 15) is 0 Å². The molecule has 0 aliphatic carbocycles. The van der Waals surface area contributed by atoms with E-state index in [0.29, 0.717) is 4.99 Å². The van der Waals surface area contributed by atoms with Gasteiger partial charge in [0.25, 0.3) is 0 Å². The van der Waals surface area contributed by atoms with Gasteiger partial charge in [-0.1, -0.05) is 12.2 Å². The number of hydrogen-bond donors (Lipinski definition) is 1. The lowest BCUT2D eigenvalue weighted by Gasteiger charge is -1.99. The molecule has 0 aliphatic rings. The van der Waals surface area contributed by atoms with Gasteiger partial charge >= 0.3 is 0 Å². The van der Waals surface area contributed by atoms with Gasteiger partial charge in [0.2, 0.25) is 0 Å². The third-order valence-electron chi connectivity index (χ3n) is 1.21. The largest absolute Gasteiger partial charge is 0.389 e. The van der Waals surface area contributed by atoms with E-state index in [1.54, 1.807) is 0 Å². The molecule has 0 bridgehead atoms. The van der Waals surface area contributed by atoms with Crippen LogP contribution in [0.2, 0.25) is 0 Å². The molecule has 0 fully saturated rings. The molecule has 2 N–H and O–H groups in total. The second-order valence-electron chi connectivity index (χ2n) is 2.18. The van der Waals surface area contributed by atoms with Crippen molar-refractivity contribution in [1.82, 2.24) is 4.98 Å². The molecule has 0 spiro atoms. The first-order chi connectivity index (χ1) is 5.09. The second kappa shape index (κ2) is 3.44. The maximum Gasteiger partial charge on any atom is 0.104 e. The number of aryl methyl sites for hydroxylation is 1. The van der Waals surface area contributed by atoms with Gasteiger partial charge in [-0.05, 0) is 41.6 Å². The molecule has 0 amide bonds.